The van der Waals surface area contributed by atoms with Crippen molar-refractivity contribution in [1.29, 1.82) is 0 Å². The Labute approximate surface area is 163 Å². The summed E-state index contributed by atoms with van der Waals surface area (Å²) in [5, 5.41) is 1.04. The van der Waals surface area contributed by atoms with Crippen LogP contribution in [0.3, 0.4) is 0 Å². The van der Waals surface area contributed by atoms with Crippen molar-refractivity contribution in [2.24, 2.45) is 0 Å². The number of nitrogens with zero attached hydrogens (tertiary/aromatic N) is 2. The van der Waals surface area contributed by atoms with Crippen LogP contribution in [0.1, 0.15) is 11.1 Å². The molecule has 0 atom stereocenters. The van der Waals surface area contributed by atoms with E-state index < -0.39 is 0 Å². The Morgan fingerprint density at radius 1 is 0.815 bits per heavy atom. The molecule has 2 aromatic carbocycles. The second-order valence-electron chi connectivity index (χ2n) is 5.98. The van der Waals surface area contributed by atoms with Crippen molar-refractivity contribution < 1.29 is 0 Å². The van der Waals surface area contributed by atoms with E-state index >= 15 is 0 Å². The molecule has 3 nitrogen and oxygen atoms in total. The van der Waals surface area contributed by atoms with Crippen LogP contribution in [0.25, 0.3) is 22.2 Å². The number of anilines is 1. The lowest BCUT2D eigenvalue weighted by molar-refractivity contribution is 1.32. The monoisotopic (exact) mass is 367 g/mol. The molecule has 0 saturated heterocycles. The molecule has 0 fully saturated rings. The van der Waals surface area contributed by atoms with Gasteiger partial charge in [-0.2, -0.15) is 0 Å². The highest BCUT2D eigenvalue weighted by Crippen LogP contribution is 2.21. The molecule has 2 heterocycles. The van der Waals surface area contributed by atoms with Crippen LogP contribution in [0.4, 0.5) is 5.69 Å². The van der Waals surface area contributed by atoms with Crippen LogP contribution >= 0.6 is 11.9 Å². The third-order valence-electron chi connectivity index (χ3n) is 4.13. The van der Waals surface area contributed by atoms with Crippen LogP contribution in [0, 0.1) is 11.8 Å². The van der Waals surface area contributed by atoms with E-state index in [1.165, 1.54) is 0 Å². The van der Waals surface area contributed by atoms with Gasteiger partial charge in [0.25, 0.3) is 0 Å². The van der Waals surface area contributed by atoms with Gasteiger partial charge in [0.2, 0.25) is 0 Å². The molecule has 130 valence electrons. The summed E-state index contributed by atoms with van der Waals surface area (Å²) in [6.45, 7) is 0. The Kier molecular flexibility index (Phi) is 5.04. The molecular weight excluding hydrogens is 350 g/mol. The van der Waals surface area contributed by atoms with E-state index in [-0.39, 0.29) is 0 Å². The van der Waals surface area contributed by atoms with Gasteiger partial charge in [-0.05, 0) is 54.6 Å². The first-order chi connectivity index (χ1) is 13.3. The van der Waals surface area contributed by atoms with Crippen molar-refractivity contribution in [3.8, 4) is 23.1 Å². The zero-order valence-corrected chi connectivity index (χ0v) is 15.6. The molecule has 4 rings (SSSR count). The van der Waals surface area contributed by atoms with Gasteiger partial charge in [0.05, 0.1) is 11.2 Å². The van der Waals surface area contributed by atoms with Crippen molar-refractivity contribution in [2.45, 2.75) is 0 Å². The summed E-state index contributed by atoms with van der Waals surface area (Å²) >= 11 is 1.58. The summed E-state index contributed by atoms with van der Waals surface area (Å²) in [5.41, 5.74) is 6.03. The van der Waals surface area contributed by atoms with E-state index in [1.807, 2.05) is 67.0 Å². The van der Waals surface area contributed by atoms with Gasteiger partial charge in [-0.1, -0.05) is 35.9 Å². The average Bonchev–Trinajstić information content (AvgIpc) is 2.73. The molecule has 0 aliphatic heterocycles. The van der Waals surface area contributed by atoms with Crippen molar-refractivity contribution in [3.63, 3.8) is 0 Å². The van der Waals surface area contributed by atoms with Crippen LogP contribution < -0.4 is 4.72 Å². The minimum atomic E-state index is 0.949. The van der Waals surface area contributed by atoms with Crippen molar-refractivity contribution in [3.05, 3.63) is 90.3 Å². The molecule has 27 heavy (non-hydrogen) atoms. The van der Waals surface area contributed by atoms with Gasteiger partial charge in [0, 0.05) is 46.4 Å². The first-order valence-electron chi connectivity index (χ1n) is 8.54. The lowest BCUT2D eigenvalue weighted by Crippen LogP contribution is -1.86. The summed E-state index contributed by atoms with van der Waals surface area (Å²) < 4.78 is 3.20. The van der Waals surface area contributed by atoms with Gasteiger partial charge >= 0.3 is 0 Å². The molecule has 2 aromatic heterocycles. The molecule has 0 saturated carbocycles. The normalized spacial score (nSPS) is 10.3. The first-order valence-corrected chi connectivity index (χ1v) is 9.76. The number of nitrogens with one attached hydrogen (secondary N) is 1. The number of aromatic nitrogens is 2. The van der Waals surface area contributed by atoms with Crippen LogP contribution in [0.15, 0.2) is 79.1 Å². The van der Waals surface area contributed by atoms with Crippen molar-refractivity contribution in [1.82, 2.24) is 9.97 Å². The van der Waals surface area contributed by atoms with Gasteiger partial charge in [0.1, 0.15) is 0 Å². The molecule has 0 amide bonds. The quantitative estimate of drug-likeness (QED) is 0.389. The zero-order valence-electron chi connectivity index (χ0n) is 14.8. The molecular formula is C23H17N3S. The van der Waals surface area contributed by atoms with E-state index in [4.69, 9.17) is 4.98 Å². The van der Waals surface area contributed by atoms with Crippen LogP contribution in [0.2, 0.25) is 0 Å². The number of hydrogen-bond acceptors (Lipinski definition) is 4. The van der Waals surface area contributed by atoms with Crippen LogP contribution in [-0.2, 0) is 0 Å². The van der Waals surface area contributed by atoms with Gasteiger partial charge in [-0.25, -0.2) is 4.98 Å². The van der Waals surface area contributed by atoms with Crippen molar-refractivity contribution >= 4 is 28.5 Å². The SMILES string of the molecule is CSNc1ccc(C#Cc2ccc(-c3ccc4cnccc4n3)cc2)cc1. The maximum atomic E-state index is 4.71. The highest BCUT2D eigenvalue weighted by Gasteiger charge is 2.01. The van der Waals surface area contributed by atoms with Gasteiger partial charge in [-0.15, -0.1) is 0 Å². The molecule has 0 aliphatic rings. The summed E-state index contributed by atoms with van der Waals surface area (Å²) in [7, 11) is 0. The summed E-state index contributed by atoms with van der Waals surface area (Å²) in [4.78, 5) is 8.83. The maximum absolute atomic E-state index is 4.71. The Bertz CT molecular complexity index is 1120. The molecule has 0 bridgehead atoms. The maximum Gasteiger partial charge on any atom is 0.0740 e. The fraction of sp³-hybridized carbons (Fsp3) is 0.0435. The van der Waals surface area contributed by atoms with E-state index in [1.54, 1.807) is 18.1 Å². The molecule has 0 unspecified atom stereocenters. The molecule has 0 spiro atoms. The summed E-state index contributed by atoms with van der Waals surface area (Å²) in [6.07, 6.45) is 5.60. The van der Waals surface area contributed by atoms with Crippen LogP contribution in [-0.4, -0.2) is 16.2 Å². The first kappa shape index (κ1) is 17.1. The predicted molar refractivity (Wildman–Crippen MR) is 115 cm³/mol. The number of pyridine rings is 2. The Morgan fingerprint density at radius 3 is 2.22 bits per heavy atom. The number of benzene rings is 2. The van der Waals surface area contributed by atoms with E-state index in [0.717, 1.165) is 39.0 Å². The van der Waals surface area contributed by atoms with Gasteiger partial charge in [0.15, 0.2) is 0 Å². The lowest BCUT2D eigenvalue weighted by Gasteiger charge is -2.03. The second-order valence-corrected chi connectivity index (χ2v) is 6.59. The largest absolute Gasteiger partial charge is 0.330 e. The molecule has 4 heteroatoms. The van der Waals surface area contributed by atoms with E-state index in [2.05, 4.69) is 33.7 Å². The molecule has 0 aliphatic carbocycles. The minimum Gasteiger partial charge on any atom is -0.330 e. The lowest BCUT2D eigenvalue weighted by atomic mass is 10.1. The number of hydrogen-bond donors (Lipinski definition) is 1. The zero-order chi connectivity index (χ0) is 18.5. The number of rotatable bonds is 3. The molecule has 0 radical (unpaired) electrons. The third-order valence-corrected chi connectivity index (χ3v) is 4.57. The van der Waals surface area contributed by atoms with E-state index in [9.17, 15) is 0 Å². The Balaban J connectivity index is 1.53. The van der Waals surface area contributed by atoms with Gasteiger partial charge < -0.3 is 4.72 Å². The highest BCUT2D eigenvalue weighted by molar-refractivity contribution is 7.99. The van der Waals surface area contributed by atoms with E-state index in [0.29, 0.717) is 0 Å². The highest BCUT2D eigenvalue weighted by atomic mass is 32.2. The fourth-order valence-electron chi connectivity index (χ4n) is 2.73. The smallest absolute Gasteiger partial charge is 0.0740 e. The van der Waals surface area contributed by atoms with Crippen LogP contribution in [0.5, 0.6) is 0 Å². The topological polar surface area (TPSA) is 37.8 Å². The van der Waals surface area contributed by atoms with Crippen molar-refractivity contribution in [2.75, 3.05) is 11.0 Å². The average molecular weight is 367 g/mol. The standard InChI is InChI=1S/C23H17N3S/c1-27-26-21-11-6-18(7-12-21)3-2-17-4-8-19(9-5-17)22-13-10-20-16-24-15-14-23(20)25-22/h4-16,26H,1H3. The molecule has 1 N–H and O–H groups in total. The predicted octanol–water partition coefficient (Wildman–Crippen LogP) is 5.39. The summed E-state index contributed by atoms with van der Waals surface area (Å²) in [6, 6.07) is 22.3. The Morgan fingerprint density at radius 2 is 1.52 bits per heavy atom. The Hall–Kier alpha value is -3.29. The molecule has 4 aromatic rings. The fourth-order valence-corrected chi connectivity index (χ4v) is 3.11. The number of fused-ring (bicyclic) bond motifs is 1. The van der Waals surface area contributed by atoms with Gasteiger partial charge in [-0.3, -0.25) is 4.98 Å². The third kappa shape index (κ3) is 4.11. The summed E-state index contributed by atoms with van der Waals surface area (Å²) in [5.74, 6) is 6.42. The second kappa shape index (κ2) is 7.94. The minimum absolute atomic E-state index is 0.949.